The van der Waals surface area contributed by atoms with Gasteiger partial charge in [0.15, 0.2) is 28.1 Å². The topological polar surface area (TPSA) is 192 Å². The molecule has 0 radical (unpaired) electrons. The second kappa shape index (κ2) is 10.9. The predicted molar refractivity (Wildman–Crippen MR) is 161 cm³/mol. The number of morpholine rings is 1. The van der Waals surface area contributed by atoms with Crippen molar-refractivity contribution in [1.82, 2.24) is 24.6 Å². The number of hydrogen-bond donors (Lipinski definition) is 4. The van der Waals surface area contributed by atoms with Crippen LogP contribution >= 0.6 is 22.7 Å². The minimum absolute atomic E-state index is 0.00118. The second-order valence-electron chi connectivity index (χ2n) is 10.2. The van der Waals surface area contributed by atoms with Gasteiger partial charge in [-0.1, -0.05) is 24.2 Å². The van der Waals surface area contributed by atoms with Gasteiger partial charge in [-0.05, 0) is 12.8 Å². The van der Waals surface area contributed by atoms with Gasteiger partial charge in [0, 0.05) is 48.4 Å². The van der Waals surface area contributed by atoms with E-state index in [1.54, 1.807) is 6.20 Å². The molecule has 2 fully saturated rings. The monoisotopic (exact) mass is 608 g/mol. The van der Waals surface area contributed by atoms with Crippen LogP contribution in [0.25, 0.3) is 26.4 Å². The maximum absolute atomic E-state index is 12.9. The van der Waals surface area contributed by atoms with E-state index in [-0.39, 0.29) is 34.5 Å². The Morgan fingerprint density at radius 2 is 2.00 bits per heavy atom. The Morgan fingerprint density at radius 3 is 2.81 bits per heavy atom. The standard InChI is InChI=1S/C26H28N10O4S2/c27-14-3-1-2-4-15(14)32-25-33-23(19(22(28)38)24-30-12-31-36(24)25)34-26-29-10-17(42-26)13-11-41-21-16(37)9-18(40-20(13)21)35-5-7-39-8-6-35/h9-12,14-15H,1-8,27H2,(H2,28,38)(H,29,34)(H,32,33)/t14-,15+/m1/s1. The van der Waals surface area contributed by atoms with E-state index in [0.29, 0.717) is 53.6 Å². The summed E-state index contributed by atoms with van der Waals surface area (Å²) in [7, 11) is 0. The molecule has 2 aliphatic rings. The molecule has 1 aliphatic carbocycles. The molecule has 42 heavy (non-hydrogen) atoms. The first kappa shape index (κ1) is 26.8. The summed E-state index contributed by atoms with van der Waals surface area (Å²) >= 11 is 2.66. The molecule has 1 aliphatic heterocycles. The molecule has 0 spiro atoms. The first-order valence-electron chi connectivity index (χ1n) is 13.6. The van der Waals surface area contributed by atoms with Crippen molar-refractivity contribution in [2.45, 2.75) is 37.8 Å². The summed E-state index contributed by atoms with van der Waals surface area (Å²) < 4.78 is 13.7. The number of thiazole rings is 1. The highest BCUT2D eigenvalue weighted by molar-refractivity contribution is 7.20. The van der Waals surface area contributed by atoms with Crippen LogP contribution in [0.2, 0.25) is 0 Å². The van der Waals surface area contributed by atoms with Crippen molar-refractivity contribution in [1.29, 1.82) is 0 Å². The Labute approximate surface area is 246 Å². The van der Waals surface area contributed by atoms with Crippen molar-refractivity contribution >= 4 is 67.3 Å². The summed E-state index contributed by atoms with van der Waals surface area (Å²) in [5, 5.41) is 13.2. The number of aromatic nitrogens is 5. The van der Waals surface area contributed by atoms with Crippen molar-refractivity contribution in [3.8, 4) is 10.4 Å². The van der Waals surface area contributed by atoms with Crippen molar-refractivity contribution in [2.75, 3.05) is 41.8 Å². The molecule has 1 saturated carbocycles. The maximum atomic E-state index is 12.9. The molecule has 5 aromatic heterocycles. The molecule has 6 heterocycles. The summed E-state index contributed by atoms with van der Waals surface area (Å²) in [6.45, 7) is 2.46. The number of amides is 1. The maximum Gasteiger partial charge on any atom is 0.256 e. The molecule has 5 aromatic rings. The van der Waals surface area contributed by atoms with E-state index in [2.05, 4.69) is 25.7 Å². The van der Waals surface area contributed by atoms with Crippen molar-refractivity contribution < 1.29 is 13.9 Å². The highest BCUT2D eigenvalue weighted by atomic mass is 32.1. The average Bonchev–Trinajstić information content (AvgIpc) is 3.75. The Morgan fingerprint density at radius 1 is 1.17 bits per heavy atom. The summed E-state index contributed by atoms with van der Waals surface area (Å²) in [4.78, 5) is 41.7. The molecule has 6 N–H and O–H groups in total. The van der Waals surface area contributed by atoms with Crippen molar-refractivity contribution in [3.63, 3.8) is 0 Å². The van der Waals surface area contributed by atoms with Gasteiger partial charge >= 0.3 is 0 Å². The minimum atomic E-state index is -0.707. The lowest BCUT2D eigenvalue weighted by molar-refractivity contribution is 0.100. The van der Waals surface area contributed by atoms with Crippen LogP contribution < -0.4 is 32.4 Å². The van der Waals surface area contributed by atoms with Gasteiger partial charge in [-0.2, -0.15) is 14.6 Å². The normalized spacial score (nSPS) is 19.4. The van der Waals surface area contributed by atoms with Crippen LogP contribution in [0, 0.1) is 0 Å². The van der Waals surface area contributed by atoms with Crippen LogP contribution in [-0.2, 0) is 4.74 Å². The largest absolute Gasteiger partial charge is 0.439 e. The molecule has 0 bridgehead atoms. The van der Waals surface area contributed by atoms with Gasteiger partial charge in [0.25, 0.3) is 5.91 Å². The molecule has 14 nitrogen and oxygen atoms in total. The summed E-state index contributed by atoms with van der Waals surface area (Å²) in [6.07, 6.45) is 6.99. The quantitative estimate of drug-likeness (QED) is 0.212. The van der Waals surface area contributed by atoms with Crippen LogP contribution in [0.15, 0.2) is 33.2 Å². The van der Waals surface area contributed by atoms with Crippen molar-refractivity contribution in [2.24, 2.45) is 11.5 Å². The van der Waals surface area contributed by atoms with E-state index in [1.165, 1.54) is 39.6 Å². The Bertz CT molecular complexity index is 1840. The molecule has 0 aromatic carbocycles. The highest BCUT2D eigenvalue weighted by Crippen LogP contribution is 2.39. The van der Waals surface area contributed by atoms with E-state index in [0.717, 1.165) is 36.1 Å². The van der Waals surface area contributed by atoms with Gasteiger partial charge in [-0.15, -0.1) is 11.3 Å². The lowest BCUT2D eigenvalue weighted by Crippen LogP contribution is -2.43. The van der Waals surface area contributed by atoms with Crippen LogP contribution in [0.4, 0.5) is 22.8 Å². The SMILES string of the molecule is NC(=O)c1c(Nc2ncc(-c3csc4c(=O)cc(N5CCOCC5)oc34)s2)nc(N[C@H]2CCCC[C@H]2N)n2ncnc12. The first-order chi connectivity index (χ1) is 20.5. The van der Waals surface area contributed by atoms with Gasteiger partial charge in [0.1, 0.15) is 16.6 Å². The fourth-order valence-corrected chi connectivity index (χ4v) is 7.20. The van der Waals surface area contributed by atoms with Crippen LogP contribution in [0.1, 0.15) is 36.0 Å². The number of fused-ring (bicyclic) bond motifs is 2. The molecule has 1 amide bonds. The summed E-state index contributed by atoms with van der Waals surface area (Å²) in [5.41, 5.74) is 13.7. The number of anilines is 4. The number of nitrogens with one attached hydrogen (secondary N) is 2. The third-order valence-corrected chi connectivity index (χ3v) is 9.48. The minimum Gasteiger partial charge on any atom is -0.439 e. The van der Waals surface area contributed by atoms with Crippen LogP contribution in [0.3, 0.4) is 0 Å². The first-order valence-corrected chi connectivity index (χ1v) is 15.3. The van der Waals surface area contributed by atoms with Gasteiger partial charge < -0.3 is 36.2 Å². The number of rotatable bonds is 7. The molecule has 16 heteroatoms. The lowest BCUT2D eigenvalue weighted by Gasteiger charge is -2.29. The number of nitrogens with zero attached hydrogens (tertiary/aromatic N) is 6. The van der Waals surface area contributed by atoms with Crippen LogP contribution in [0.5, 0.6) is 0 Å². The number of thiophene rings is 1. The Hall–Kier alpha value is -4.12. The zero-order valence-electron chi connectivity index (χ0n) is 22.4. The number of ether oxygens (including phenoxy) is 1. The lowest BCUT2D eigenvalue weighted by atomic mass is 9.91. The smallest absolute Gasteiger partial charge is 0.256 e. The molecule has 2 atom stereocenters. The van der Waals surface area contributed by atoms with E-state index >= 15 is 0 Å². The number of carbonyl (C=O) groups is 1. The Balaban J connectivity index is 1.23. The van der Waals surface area contributed by atoms with E-state index in [9.17, 15) is 9.59 Å². The molecule has 1 saturated heterocycles. The molecular weight excluding hydrogens is 580 g/mol. The zero-order chi connectivity index (χ0) is 28.8. The summed E-state index contributed by atoms with van der Waals surface area (Å²) in [6, 6.07) is 1.51. The molecule has 7 rings (SSSR count). The Kier molecular flexibility index (Phi) is 6.97. The zero-order valence-corrected chi connectivity index (χ0v) is 24.0. The van der Waals surface area contributed by atoms with Gasteiger partial charge in [-0.3, -0.25) is 9.59 Å². The molecule has 0 unspecified atom stereocenters. The van der Waals surface area contributed by atoms with Gasteiger partial charge in [0.2, 0.25) is 11.4 Å². The molecular formula is C26H28N10O4S2. The number of carbonyl (C=O) groups excluding carboxylic acids is 1. The predicted octanol–water partition coefficient (Wildman–Crippen LogP) is 2.78. The van der Waals surface area contributed by atoms with Crippen LogP contribution in [-0.4, -0.2) is 68.9 Å². The highest BCUT2D eigenvalue weighted by Gasteiger charge is 2.27. The third-order valence-electron chi connectivity index (χ3n) is 7.56. The van der Waals surface area contributed by atoms with E-state index < -0.39 is 5.91 Å². The van der Waals surface area contributed by atoms with Gasteiger partial charge in [-0.25, -0.2) is 9.97 Å². The van der Waals surface area contributed by atoms with E-state index in [1.807, 2.05) is 10.3 Å². The van der Waals surface area contributed by atoms with E-state index in [4.69, 9.17) is 25.6 Å². The number of primary amides is 1. The fraction of sp³-hybridized carbons (Fsp3) is 0.385. The third kappa shape index (κ3) is 4.85. The molecule has 218 valence electrons. The number of hydrogen-bond acceptors (Lipinski definition) is 14. The summed E-state index contributed by atoms with van der Waals surface area (Å²) in [5.74, 6) is 0.414. The van der Waals surface area contributed by atoms with Crippen molar-refractivity contribution in [3.05, 3.63) is 39.8 Å². The second-order valence-corrected chi connectivity index (χ2v) is 12.1. The average molecular weight is 609 g/mol. The fourth-order valence-electron chi connectivity index (χ4n) is 5.39. The number of nitrogens with two attached hydrogens (primary N) is 2. The van der Waals surface area contributed by atoms with Gasteiger partial charge in [0.05, 0.1) is 18.1 Å².